The molecule has 0 radical (unpaired) electrons. The van der Waals surface area contributed by atoms with Gasteiger partial charge in [0.15, 0.2) is 11.7 Å². The molecule has 0 aliphatic carbocycles. The predicted molar refractivity (Wildman–Crippen MR) is 109 cm³/mol. The van der Waals surface area contributed by atoms with E-state index in [4.69, 9.17) is 23.2 Å². The van der Waals surface area contributed by atoms with Gasteiger partial charge in [-0.05, 0) is 23.8 Å². The Morgan fingerprint density at radius 3 is 2.52 bits per heavy atom. The topological polar surface area (TPSA) is 59.0 Å². The summed E-state index contributed by atoms with van der Waals surface area (Å²) >= 11 is 12.0. The second-order valence-corrected chi connectivity index (χ2v) is 7.72. The molecule has 0 saturated heterocycles. The van der Waals surface area contributed by atoms with E-state index in [9.17, 15) is 22.4 Å². The van der Waals surface area contributed by atoms with Crippen LogP contribution in [0, 0.1) is 5.82 Å². The van der Waals surface area contributed by atoms with E-state index in [1.54, 1.807) is 30.3 Å². The predicted octanol–water partition coefficient (Wildman–Crippen LogP) is 6.24. The van der Waals surface area contributed by atoms with Crippen molar-refractivity contribution < 1.29 is 22.4 Å². The molecule has 1 aliphatic rings. The van der Waals surface area contributed by atoms with Crippen LogP contribution in [-0.2, 0) is 0 Å². The molecule has 1 amide bonds. The van der Waals surface area contributed by atoms with Crippen LogP contribution in [0.5, 0.6) is 0 Å². The molecule has 2 atom stereocenters. The third-order valence-electron chi connectivity index (χ3n) is 4.89. The van der Waals surface area contributed by atoms with E-state index in [1.165, 1.54) is 12.1 Å². The van der Waals surface area contributed by atoms with Crippen LogP contribution in [0.2, 0.25) is 10.0 Å². The number of halogens is 6. The third kappa shape index (κ3) is 4.20. The van der Waals surface area contributed by atoms with Crippen molar-refractivity contribution >= 4 is 40.6 Å². The highest BCUT2D eigenvalue weighted by Gasteiger charge is 2.47. The molecule has 2 aromatic carbocycles. The minimum atomic E-state index is -4.61. The molecule has 11 heteroatoms. The fourth-order valence-corrected chi connectivity index (χ4v) is 3.85. The van der Waals surface area contributed by atoms with Crippen LogP contribution in [0.25, 0.3) is 0 Å². The first-order chi connectivity index (χ1) is 14.6. The Balaban J connectivity index is 1.69. The van der Waals surface area contributed by atoms with Crippen LogP contribution in [0.4, 0.5) is 29.1 Å². The number of benzene rings is 2. The number of carbonyl (C=O) groups excluding carboxylic acids is 1. The number of alkyl halides is 3. The zero-order valence-corrected chi connectivity index (χ0v) is 17.1. The molecular weight excluding hydrogens is 459 g/mol. The molecule has 1 aromatic heterocycles. The largest absolute Gasteiger partial charge is 0.410 e. The molecule has 0 spiro atoms. The highest BCUT2D eigenvalue weighted by Crippen LogP contribution is 2.46. The summed E-state index contributed by atoms with van der Waals surface area (Å²) < 4.78 is 55.4. The van der Waals surface area contributed by atoms with Crippen LogP contribution in [0.1, 0.15) is 34.6 Å². The Labute approximate surface area is 184 Å². The van der Waals surface area contributed by atoms with E-state index in [-0.39, 0.29) is 28.0 Å². The number of nitrogens with zero attached hydrogens (tertiary/aromatic N) is 2. The van der Waals surface area contributed by atoms with Crippen LogP contribution in [-0.4, -0.2) is 21.9 Å². The first-order valence-corrected chi connectivity index (χ1v) is 9.83. The molecule has 5 nitrogen and oxygen atoms in total. The van der Waals surface area contributed by atoms with E-state index in [2.05, 4.69) is 15.7 Å². The van der Waals surface area contributed by atoms with Gasteiger partial charge in [0, 0.05) is 12.1 Å². The maximum absolute atomic E-state index is 13.8. The summed E-state index contributed by atoms with van der Waals surface area (Å²) in [6.45, 7) is 0. The maximum Gasteiger partial charge on any atom is 0.410 e. The summed E-state index contributed by atoms with van der Waals surface area (Å²) in [5.74, 6) is -1.64. The first-order valence-electron chi connectivity index (χ1n) is 9.07. The number of aromatic nitrogens is 2. The molecule has 1 aliphatic heterocycles. The number of nitrogens with one attached hydrogen (secondary N) is 2. The highest BCUT2D eigenvalue weighted by atomic mass is 35.5. The minimum Gasteiger partial charge on any atom is -0.362 e. The second kappa shape index (κ2) is 8.05. The normalized spacial score (nSPS) is 18.3. The molecule has 31 heavy (non-hydrogen) atoms. The molecule has 0 unspecified atom stereocenters. The van der Waals surface area contributed by atoms with E-state index in [0.29, 0.717) is 10.2 Å². The molecule has 4 rings (SSSR count). The van der Waals surface area contributed by atoms with Crippen LogP contribution in [0.15, 0.2) is 48.5 Å². The van der Waals surface area contributed by atoms with E-state index in [0.717, 1.165) is 6.07 Å². The summed E-state index contributed by atoms with van der Waals surface area (Å²) in [5, 5.41) is 8.74. The quantitative estimate of drug-likeness (QED) is 0.443. The SMILES string of the molecule is O=C(Nc1ccc(F)c(Cl)c1)c1nn2c(c1Cl)N[C@H](c1ccccc1)C[C@H]2C(F)(F)F. The van der Waals surface area contributed by atoms with Gasteiger partial charge in [-0.15, -0.1) is 0 Å². The first kappa shape index (κ1) is 21.5. The zero-order chi connectivity index (χ0) is 22.3. The van der Waals surface area contributed by atoms with Gasteiger partial charge in [-0.25, -0.2) is 9.07 Å². The standard InChI is InChI=1S/C20H14Cl2F4N4O/c21-12-8-11(6-7-13(12)23)27-19(31)17-16(22)18-28-14(10-4-2-1-3-5-10)9-15(20(24,25)26)30(18)29-17/h1-8,14-15,28H,9H2,(H,27,31)/t14-,15-/m0/s1. The molecular formula is C20H14Cl2F4N4O. The van der Waals surface area contributed by atoms with Gasteiger partial charge in [0.05, 0.1) is 11.1 Å². The zero-order valence-electron chi connectivity index (χ0n) is 15.6. The monoisotopic (exact) mass is 472 g/mol. The Kier molecular flexibility index (Phi) is 5.57. The van der Waals surface area contributed by atoms with Gasteiger partial charge < -0.3 is 10.6 Å². The Hall–Kier alpha value is -2.78. The fourth-order valence-electron chi connectivity index (χ4n) is 3.40. The summed E-state index contributed by atoms with van der Waals surface area (Å²) in [4.78, 5) is 12.6. The van der Waals surface area contributed by atoms with Crippen molar-refractivity contribution in [1.29, 1.82) is 0 Å². The van der Waals surface area contributed by atoms with Crippen LogP contribution >= 0.6 is 23.2 Å². The van der Waals surface area contributed by atoms with E-state index in [1.807, 2.05) is 0 Å². The van der Waals surface area contributed by atoms with Gasteiger partial charge >= 0.3 is 6.18 Å². The Morgan fingerprint density at radius 2 is 1.87 bits per heavy atom. The van der Waals surface area contributed by atoms with Crippen molar-refractivity contribution in [3.63, 3.8) is 0 Å². The van der Waals surface area contributed by atoms with Gasteiger partial charge in [0.2, 0.25) is 0 Å². The van der Waals surface area contributed by atoms with Crippen molar-refractivity contribution in [2.75, 3.05) is 10.6 Å². The van der Waals surface area contributed by atoms with Gasteiger partial charge in [-0.2, -0.15) is 18.3 Å². The second-order valence-electron chi connectivity index (χ2n) is 6.94. The average Bonchev–Trinajstić information content (AvgIpc) is 3.06. The van der Waals surface area contributed by atoms with E-state index >= 15 is 0 Å². The lowest BCUT2D eigenvalue weighted by molar-refractivity contribution is -0.173. The lowest BCUT2D eigenvalue weighted by atomic mass is 9.97. The van der Waals surface area contributed by atoms with Crippen LogP contribution < -0.4 is 10.6 Å². The maximum atomic E-state index is 13.8. The molecule has 0 bridgehead atoms. The van der Waals surface area contributed by atoms with Gasteiger partial charge in [0.25, 0.3) is 5.91 Å². The Morgan fingerprint density at radius 1 is 1.16 bits per heavy atom. The van der Waals surface area contributed by atoms with Crippen LogP contribution in [0.3, 0.4) is 0 Å². The molecule has 0 saturated carbocycles. The lowest BCUT2D eigenvalue weighted by Crippen LogP contribution is -2.35. The third-order valence-corrected chi connectivity index (χ3v) is 5.54. The van der Waals surface area contributed by atoms with Crippen molar-refractivity contribution in [3.05, 3.63) is 75.7 Å². The number of hydrogen-bond acceptors (Lipinski definition) is 3. The number of carbonyl (C=O) groups is 1. The van der Waals surface area contributed by atoms with Crippen molar-refractivity contribution in [3.8, 4) is 0 Å². The van der Waals surface area contributed by atoms with E-state index < -0.39 is 35.7 Å². The average molecular weight is 473 g/mol. The number of rotatable bonds is 3. The molecule has 162 valence electrons. The fraction of sp³-hybridized carbons (Fsp3) is 0.200. The summed E-state index contributed by atoms with van der Waals surface area (Å²) in [6.07, 6.45) is -4.94. The van der Waals surface area contributed by atoms with Crippen molar-refractivity contribution in [2.24, 2.45) is 0 Å². The minimum absolute atomic E-state index is 0.105. The number of amides is 1. The summed E-state index contributed by atoms with van der Waals surface area (Å²) in [6, 6.07) is 9.42. The number of hydrogen-bond donors (Lipinski definition) is 2. The van der Waals surface area contributed by atoms with Gasteiger partial charge in [-0.1, -0.05) is 53.5 Å². The molecule has 2 heterocycles. The Bertz CT molecular complexity index is 1130. The van der Waals surface area contributed by atoms with Crippen molar-refractivity contribution in [1.82, 2.24) is 9.78 Å². The van der Waals surface area contributed by atoms with Gasteiger partial charge in [0.1, 0.15) is 16.7 Å². The smallest absolute Gasteiger partial charge is 0.362 e. The van der Waals surface area contributed by atoms with Crippen molar-refractivity contribution in [2.45, 2.75) is 24.7 Å². The summed E-state index contributed by atoms with van der Waals surface area (Å²) in [7, 11) is 0. The molecule has 3 aromatic rings. The summed E-state index contributed by atoms with van der Waals surface area (Å²) in [5.41, 5.74) is 0.390. The molecule has 0 fully saturated rings. The molecule has 2 N–H and O–H groups in total. The van der Waals surface area contributed by atoms with Gasteiger partial charge in [-0.3, -0.25) is 4.79 Å². The number of fused-ring (bicyclic) bond motifs is 1. The number of anilines is 2. The lowest BCUT2D eigenvalue weighted by Gasteiger charge is -2.33. The highest BCUT2D eigenvalue weighted by molar-refractivity contribution is 6.36.